The summed E-state index contributed by atoms with van der Waals surface area (Å²) in [7, 11) is 2.78. The van der Waals surface area contributed by atoms with Crippen molar-refractivity contribution in [2.75, 3.05) is 20.8 Å². The van der Waals surface area contributed by atoms with Crippen molar-refractivity contribution in [3.8, 4) is 0 Å². The summed E-state index contributed by atoms with van der Waals surface area (Å²) < 4.78 is 9.49. The van der Waals surface area contributed by atoms with Crippen molar-refractivity contribution >= 4 is 11.6 Å². The maximum atomic E-state index is 11.7. The quantitative estimate of drug-likeness (QED) is 0.711. The molecule has 5 nitrogen and oxygen atoms in total. The Morgan fingerprint density at radius 1 is 1.38 bits per heavy atom. The number of aliphatic hydroxyl groups is 1. The molecule has 0 unspecified atom stereocenters. The lowest BCUT2D eigenvalue weighted by Gasteiger charge is -2.11. The Morgan fingerprint density at radius 3 is 2.62 bits per heavy atom. The third kappa shape index (κ3) is 2.38. The van der Waals surface area contributed by atoms with Crippen molar-refractivity contribution in [1.82, 2.24) is 0 Å². The van der Waals surface area contributed by atoms with Crippen LogP contribution in [0.15, 0.2) is 35.3 Å². The fourth-order valence-corrected chi connectivity index (χ4v) is 1.19. The third-order valence-corrected chi connectivity index (χ3v) is 1.99. The van der Waals surface area contributed by atoms with Crippen LogP contribution in [-0.4, -0.2) is 37.5 Å². The van der Waals surface area contributed by atoms with Crippen molar-refractivity contribution in [2.24, 2.45) is 0 Å². The minimum atomic E-state index is -0.645. The predicted octanol–water partition coefficient (Wildman–Crippen LogP) is 0.683. The Bertz CT molecular complexity index is 401. The maximum Gasteiger partial charge on any atom is 0.231 e. The Hall–Kier alpha value is -1.88. The molecule has 0 saturated heterocycles. The first-order chi connectivity index (χ1) is 7.61. The fourth-order valence-electron chi connectivity index (χ4n) is 1.19. The number of carbonyl (C=O) groups is 2. The van der Waals surface area contributed by atoms with E-state index >= 15 is 0 Å². The van der Waals surface area contributed by atoms with Gasteiger partial charge < -0.3 is 14.6 Å². The molecule has 0 spiro atoms. The zero-order valence-electron chi connectivity index (χ0n) is 9.02. The summed E-state index contributed by atoms with van der Waals surface area (Å²) in [4.78, 5) is 22.9. The standard InChI is InChI=1S/C11H12O5/c1-15-5-3-4-7-10(13)8(12)6-9(16-2)11(7)14/h3-4,6,13H,5H2,1-2H3/b4-3+. The number of hydrogen-bond donors (Lipinski definition) is 1. The Morgan fingerprint density at radius 2 is 2.06 bits per heavy atom. The summed E-state index contributed by atoms with van der Waals surface area (Å²) >= 11 is 0. The second-order valence-corrected chi connectivity index (χ2v) is 3.03. The molecule has 1 rings (SSSR count). The summed E-state index contributed by atoms with van der Waals surface area (Å²) in [5, 5.41) is 9.44. The van der Waals surface area contributed by atoms with Gasteiger partial charge in [-0.1, -0.05) is 6.08 Å². The molecule has 0 aromatic heterocycles. The highest BCUT2D eigenvalue weighted by atomic mass is 16.5. The van der Waals surface area contributed by atoms with Gasteiger partial charge in [-0.05, 0) is 6.08 Å². The first-order valence-corrected chi connectivity index (χ1v) is 4.55. The van der Waals surface area contributed by atoms with Crippen LogP contribution in [0.2, 0.25) is 0 Å². The monoisotopic (exact) mass is 224 g/mol. The van der Waals surface area contributed by atoms with Gasteiger partial charge >= 0.3 is 0 Å². The maximum absolute atomic E-state index is 11.7. The first kappa shape index (κ1) is 12.2. The molecule has 1 N–H and O–H groups in total. The zero-order valence-corrected chi connectivity index (χ0v) is 9.02. The summed E-state index contributed by atoms with van der Waals surface area (Å²) in [6.45, 7) is 0.282. The number of ether oxygens (including phenoxy) is 2. The molecule has 0 atom stereocenters. The number of Topliss-reactive ketones (excluding diaryl/α,β-unsaturated/α-hetero) is 1. The predicted molar refractivity (Wildman–Crippen MR) is 55.8 cm³/mol. The second kappa shape index (κ2) is 5.27. The molecule has 0 amide bonds. The average Bonchev–Trinajstić information content (AvgIpc) is 2.28. The minimum Gasteiger partial charge on any atom is -0.504 e. The highest BCUT2D eigenvalue weighted by molar-refractivity contribution is 6.22. The van der Waals surface area contributed by atoms with E-state index < -0.39 is 17.3 Å². The molecule has 0 bridgehead atoms. The van der Waals surface area contributed by atoms with Crippen LogP contribution in [0.25, 0.3) is 0 Å². The highest BCUT2D eigenvalue weighted by Gasteiger charge is 2.27. The van der Waals surface area contributed by atoms with Crippen molar-refractivity contribution in [1.29, 1.82) is 0 Å². The van der Waals surface area contributed by atoms with Gasteiger partial charge in [0.05, 0.1) is 19.3 Å². The Balaban J connectivity index is 3.00. The number of rotatable bonds is 4. The Kier molecular flexibility index (Phi) is 4.02. The smallest absolute Gasteiger partial charge is 0.231 e. The lowest BCUT2D eigenvalue weighted by molar-refractivity contribution is -0.119. The molecule has 0 heterocycles. The molecular weight excluding hydrogens is 212 g/mol. The fraction of sp³-hybridized carbons (Fsp3) is 0.273. The van der Waals surface area contributed by atoms with Crippen molar-refractivity contribution < 1.29 is 24.2 Å². The number of aliphatic hydroxyl groups excluding tert-OH is 1. The van der Waals surface area contributed by atoms with Crippen LogP contribution >= 0.6 is 0 Å². The molecule has 1 aliphatic carbocycles. The van der Waals surface area contributed by atoms with Gasteiger partial charge in [0.15, 0.2) is 11.5 Å². The molecule has 0 fully saturated rings. The number of ketones is 2. The lowest BCUT2D eigenvalue weighted by atomic mass is 9.99. The summed E-state index contributed by atoms with van der Waals surface area (Å²) in [6, 6.07) is 0. The molecule has 86 valence electrons. The number of allylic oxidation sites excluding steroid dienone is 3. The number of methoxy groups -OCH3 is 2. The van der Waals surface area contributed by atoms with Crippen LogP contribution in [0.3, 0.4) is 0 Å². The number of hydrogen-bond acceptors (Lipinski definition) is 5. The van der Waals surface area contributed by atoms with Crippen LogP contribution < -0.4 is 0 Å². The van der Waals surface area contributed by atoms with Crippen molar-refractivity contribution in [2.45, 2.75) is 0 Å². The topological polar surface area (TPSA) is 72.8 Å². The van der Waals surface area contributed by atoms with Crippen LogP contribution in [0, 0.1) is 0 Å². The van der Waals surface area contributed by atoms with Gasteiger partial charge in [-0.2, -0.15) is 0 Å². The largest absolute Gasteiger partial charge is 0.504 e. The Labute approximate surface area is 92.7 Å². The van der Waals surface area contributed by atoms with E-state index in [1.54, 1.807) is 0 Å². The van der Waals surface area contributed by atoms with Crippen LogP contribution in [-0.2, 0) is 19.1 Å². The minimum absolute atomic E-state index is 0.0820. The van der Waals surface area contributed by atoms with E-state index in [0.717, 1.165) is 6.08 Å². The zero-order chi connectivity index (χ0) is 12.1. The van der Waals surface area contributed by atoms with Gasteiger partial charge in [0, 0.05) is 13.2 Å². The van der Waals surface area contributed by atoms with E-state index in [-0.39, 0.29) is 17.9 Å². The van der Waals surface area contributed by atoms with Crippen LogP contribution in [0.5, 0.6) is 0 Å². The summed E-state index contributed by atoms with van der Waals surface area (Å²) in [6.07, 6.45) is 3.83. The molecule has 0 aliphatic heterocycles. The molecule has 5 heteroatoms. The van der Waals surface area contributed by atoms with Crippen LogP contribution in [0.1, 0.15) is 0 Å². The summed E-state index contributed by atoms with van der Waals surface area (Å²) in [5.41, 5.74) is -0.0820. The van der Waals surface area contributed by atoms with E-state index in [9.17, 15) is 14.7 Å². The van der Waals surface area contributed by atoms with Gasteiger partial charge in [-0.15, -0.1) is 0 Å². The van der Waals surface area contributed by atoms with E-state index in [4.69, 9.17) is 9.47 Å². The van der Waals surface area contributed by atoms with Gasteiger partial charge in [0.1, 0.15) is 0 Å². The molecule has 1 aliphatic rings. The van der Waals surface area contributed by atoms with E-state index in [0.29, 0.717) is 0 Å². The van der Waals surface area contributed by atoms with Crippen molar-refractivity contribution in [3.05, 3.63) is 35.3 Å². The molecular formula is C11H12O5. The second-order valence-electron chi connectivity index (χ2n) is 3.03. The van der Waals surface area contributed by atoms with Gasteiger partial charge in [-0.25, -0.2) is 0 Å². The summed E-state index contributed by atoms with van der Waals surface area (Å²) in [5.74, 6) is -1.82. The first-order valence-electron chi connectivity index (χ1n) is 4.55. The number of carbonyl (C=O) groups excluding carboxylic acids is 2. The molecule has 16 heavy (non-hydrogen) atoms. The average molecular weight is 224 g/mol. The van der Waals surface area contributed by atoms with E-state index in [1.165, 1.54) is 26.4 Å². The van der Waals surface area contributed by atoms with Gasteiger partial charge in [0.25, 0.3) is 0 Å². The highest BCUT2D eigenvalue weighted by Crippen LogP contribution is 2.19. The van der Waals surface area contributed by atoms with Gasteiger partial charge in [-0.3, -0.25) is 9.59 Å². The molecule has 0 radical (unpaired) electrons. The van der Waals surface area contributed by atoms with E-state index in [1.807, 2.05) is 0 Å². The normalized spacial score (nSPS) is 17.0. The lowest BCUT2D eigenvalue weighted by Crippen LogP contribution is -2.19. The molecule has 0 aromatic rings. The van der Waals surface area contributed by atoms with Crippen molar-refractivity contribution in [3.63, 3.8) is 0 Å². The SMILES string of the molecule is COC/C=C/C1=C(O)C(=O)C=C(OC)C1=O. The molecule has 0 aromatic carbocycles. The van der Waals surface area contributed by atoms with Crippen LogP contribution in [0.4, 0.5) is 0 Å². The third-order valence-electron chi connectivity index (χ3n) is 1.99. The molecule has 0 saturated carbocycles. The van der Waals surface area contributed by atoms with Gasteiger partial charge in [0.2, 0.25) is 11.6 Å². The van der Waals surface area contributed by atoms with E-state index in [2.05, 4.69) is 0 Å².